The third-order valence-electron chi connectivity index (χ3n) is 4.59. The van der Waals surface area contributed by atoms with Crippen molar-refractivity contribution in [2.45, 2.75) is 19.3 Å². The maximum Gasteiger partial charge on any atom is 0.257 e. The number of benzene rings is 1. The maximum atomic E-state index is 12.7. The normalized spacial score (nSPS) is 14.5. The van der Waals surface area contributed by atoms with E-state index >= 15 is 0 Å². The standard InChI is InChI=1S/C20H20N4O/c25-20(23-15-7-6-10-21-13-15)18-14-22-19(24-11-4-1-5-12-24)17-9-3-2-8-16(17)18/h2-3,6-10,13-14H,1,4-5,11-12H2,(H,23,25). The Bertz CT molecular complexity index is 889. The molecule has 1 aromatic carbocycles. The van der Waals surface area contributed by atoms with Crippen molar-refractivity contribution in [3.05, 3.63) is 60.6 Å². The number of fused-ring (bicyclic) bond motifs is 1. The Morgan fingerprint density at radius 2 is 1.76 bits per heavy atom. The van der Waals surface area contributed by atoms with Gasteiger partial charge in [0.15, 0.2) is 0 Å². The largest absolute Gasteiger partial charge is 0.356 e. The third kappa shape index (κ3) is 3.18. The minimum absolute atomic E-state index is 0.165. The van der Waals surface area contributed by atoms with Gasteiger partial charge in [-0.25, -0.2) is 4.98 Å². The van der Waals surface area contributed by atoms with Gasteiger partial charge >= 0.3 is 0 Å². The summed E-state index contributed by atoms with van der Waals surface area (Å²) in [5, 5.41) is 4.86. The summed E-state index contributed by atoms with van der Waals surface area (Å²) in [5.41, 5.74) is 1.26. The van der Waals surface area contributed by atoms with Gasteiger partial charge in [0, 0.05) is 30.9 Å². The molecule has 0 radical (unpaired) electrons. The summed E-state index contributed by atoms with van der Waals surface area (Å²) in [7, 11) is 0. The Labute approximate surface area is 146 Å². The fourth-order valence-corrected chi connectivity index (χ4v) is 3.35. The zero-order chi connectivity index (χ0) is 17.1. The van der Waals surface area contributed by atoms with Crippen LogP contribution in [-0.4, -0.2) is 29.0 Å². The van der Waals surface area contributed by atoms with Gasteiger partial charge in [-0.05, 0) is 36.8 Å². The van der Waals surface area contributed by atoms with Gasteiger partial charge in [0.05, 0.1) is 17.4 Å². The van der Waals surface area contributed by atoms with Gasteiger partial charge in [-0.1, -0.05) is 24.3 Å². The summed E-state index contributed by atoms with van der Waals surface area (Å²) in [4.78, 5) is 23.7. The molecule has 1 saturated heterocycles. The zero-order valence-corrected chi connectivity index (χ0v) is 14.0. The van der Waals surface area contributed by atoms with Crippen molar-refractivity contribution >= 4 is 28.2 Å². The number of hydrogen-bond donors (Lipinski definition) is 1. The predicted octanol–water partition coefficient (Wildman–Crippen LogP) is 3.87. The number of piperidine rings is 1. The van der Waals surface area contributed by atoms with Crippen molar-refractivity contribution in [1.29, 1.82) is 0 Å². The minimum Gasteiger partial charge on any atom is -0.356 e. The lowest BCUT2D eigenvalue weighted by Gasteiger charge is -2.29. The first-order valence-corrected chi connectivity index (χ1v) is 8.67. The first-order valence-electron chi connectivity index (χ1n) is 8.67. The lowest BCUT2D eigenvalue weighted by molar-refractivity contribution is 0.102. The Balaban J connectivity index is 1.72. The van der Waals surface area contributed by atoms with Gasteiger partial charge in [-0.3, -0.25) is 9.78 Å². The highest BCUT2D eigenvalue weighted by Gasteiger charge is 2.18. The second kappa shape index (κ2) is 6.89. The van der Waals surface area contributed by atoms with Gasteiger partial charge in [-0.2, -0.15) is 0 Å². The van der Waals surface area contributed by atoms with Gasteiger partial charge < -0.3 is 10.2 Å². The second-order valence-electron chi connectivity index (χ2n) is 6.28. The topological polar surface area (TPSA) is 58.1 Å². The molecule has 1 aliphatic heterocycles. The average molecular weight is 332 g/mol. The van der Waals surface area contributed by atoms with E-state index in [1.165, 1.54) is 19.3 Å². The van der Waals surface area contributed by atoms with Crippen LogP contribution in [0.15, 0.2) is 55.0 Å². The summed E-state index contributed by atoms with van der Waals surface area (Å²) in [6.07, 6.45) is 8.67. The summed E-state index contributed by atoms with van der Waals surface area (Å²) < 4.78 is 0. The van der Waals surface area contributed by atoms with E-state index in [1.807, 2.05) is 30.3 Å². The van der Waals surface area contributed by atoms with E-state index in [4.69, 9.17) is 0 Å². The number of aromatic nitrogens is 2. The number of amides is 1. The first-order chi connectivity index (χ1) is 12.3. The molecule has 0 bridgehead atoms. The highest BCUT2D eigenvalue weighted by atomic mass is 16.1. The Morgan fingerprint density at radius 3 is 2.52 bits per heavy atom. The maximum absolute atomic E-state index is 12.7. The fourth-order valence-electron chi connectivity index (χ4n) is 3.35. The Morgan fingerprint density at radius 1 is 0.960 bits per heavy atom. The van der Waals surface area contributed by atoms with Crippen LogP contribution in [0.25, 0.3) is 10.8 Å². The van der Waals surface area contributed by atoms with Crippen molar-refractivity contribution < 1.29 is 4.79 Å². The monoisotopic (exact) mass is 332 g/mol. The van der Waals surface area contributed by atoms with Crippen LogP contribution >= 0.6 is 0 Å². The Hall–Kier alpha value is -2.95. The van der Waals surface area contributed by atoms with Crippen molar-refractivity contribution in [3.8, 4) is 0 Å². The third-order valence-corrected chi connectivity index (χ3v) is 4.59. The molecule has 1 aliphatic rings. The molecule has 0 unspecified atom stereocenters. The zero-order valence-electron chi connectivity index (χ0n) is 14.0. The predicted molar refractivity (Wildman–Crippen MR) is 100.0 cm³/mol. The van der Waals surface area contributed by atoms with E-state index < -0.39 is 0 Å². The average Bonchev–Trinajstić information content (AvgIpc) is 2.68. The van der Waals surface area contributed by atoms with Crippen LogP contribution < -0.4 is 10.2 Å². The van der Waals surface area contributed by atoms with E-state index in [9.17, 15) is 4.79 Å². The number of anilines is 2. The number of rotatable bonds is 3. The molecule has 1 fully saturated rings. The van der Waals surface area contributed by atoms with Crippen molar-refractivity contribution in [2.75, 3.05) is 23.3 Å². The van der Waals surface area contributed by atoms with Gasteiger partial charge in [-0.15, -0.1) is 0 Å². The van der Waals surface area contributed by atoms with Crippen LogP contribution in [0.4, 0.5) is 11.5 Å². The number of pyridine rings is 2. The molecule has 5 heteroatoms. The smallest absolute Gasteiger partial charge is 0.257 e. The lowest BCUT2D eigenvalue weighted by Crippen LogP contribution is -2.30. The molecule has 4 rings (SSSR count). The summed E-state index contributed by atoms with van der Waals surface area (Å²) in [5.74, 6) is 0.815. The molecule has 2 aromatic heterocycles. The van der Waals surface area contributed by atoms with E-state index in [0.717, 1.165) is 29.7 Å². The molecule has 25 heavy (non-hydrogen) atoms. The molecule has 0 aliphatic carbocycles. The van der Waals surface area contributed by atoms with Crippen LogP contribution in [0.3, 0.4) is 0 Å². The molecule has 5 nitrogen and oxygen atoms in total. The van der Waals surface area contributed by atoms with E-state index in [2.05, 4.69) is 20.2 Å². The van der Waals surface area contributed by atoms with Crippen LogP contribution in [0, 0.1) is 0 Å². The molecular formula is C20H20N4O. The van der Waals surface area contributed by atoms with Gasteiger partial charge in [0.25, 0.3) is 5.91 Å². The Kier molecular flexibility index (Phi) is 4.29. The number of carbonyl (C=O) groups excluding carboxylic acids is 1. The fraction of sp³-hybridized carbons (Fsp3) is 0.250. The van der Waals surface area contributed by atoms with Crippen molar-refractivity contribution in [2.24, 2.45) is 0 Å². The molecular weight excluding hydrogens is 312 g/mol. The number of carbonyl (C=O) groups is 1. The molecule has 3 aromatic rings. The highest BCUT2D eigenvalue weighted by molar-refractivity contribution is 6.14. The van der Waals surface area contributed by atoms with Crippen LogP contribution in [0.2, 0.25) is 0 Å². The minimum atomic E-state index is -0.165. The first kappa shape index (κ1) is 15.6. The van der Waals surface area contributed by atoms with Crippen molar-refractivity contribution in [1.82, 2.24) is 9.97 Å². The van der Waals surface area contributed by atoms with E-state index in [-0.39, 0.29) is 5.91 Å². The summed E-state index contributed by atoms with van der Waals surface area (Å²) >= 11 is 0. The molecule has 126 valence electrons. The van der Waals surface area contributed by atoms with E-state index in [1.54, 1.807) is 24.7 Å². The lowest BCUT2D eigenvalue weighted by atomic mass is 10.0. The summed E-state index contributed by atoms with van der Waals surface area (Å²) in [6.45, 7) is 2.05. The highest BCUT2D eigenvalue weighted by Crippen LogP contribution is 2.29. The van der Waals surface area contributed by atoms with Gasteiger partial charge in [0.1, 0.15) is 5.82 Å². The molecule has 3 heterocycles. The van der Waals surface area contributed by atoms with Crippen LogP contribution in [0.5, 0.6) is 0 Å². The van der Waals surface area contributed by atoms with Gasteiger partial charge in [0.2, 0.25) is 0 Å². The van der Waals surface area contributed by atoms with Crippen LogP contribution in [0.1, 0.15) is 29.6 Å². The quantitative estimate of drug-likeness (QED) is 0.791. The molecule has 0 atom stereocenters. The van der Waals surface area contributed by atoms with Crippen LogP contribution in [-0.2, 0) is 0 Å². The molecule has 1 N–H and O–H groups in total. The van der Waals surface area contributed by atoms with Crippen molar-refractivity contribution in [3.63, 3.8) is 0 Å². The number of hydrogen-bond acceptors (Lipinski definition) is 4. The number of nitrogens with one attached hydrogen (secondary N) is 1. The molecule has 0 saturated carbocycles. The SMILES string of the molecule is O=C(Nc1cccnc1)c1cnc(N2CCCCC2)c2ccccc12. The summed E-state index contributed by atoms with van der Waals surface area (Å²) in [6, 6.07) is 11.6. The number of nitrogens with zero attached hydrogens (tertiary/aromatic N) is 3. The molecule has 0 spiro atoms. The van der Waals surface area contributed by atoms with E-state index in [0.29, 0.717) is 11.3 Å². The molecule has 1 amide bonds. The second-order valence-corrected chi connectivity index (χ2v) is 6.28.